The van der Waals surface area contributed by atoms with E-state index in [0.717, 1.165) is 27.6 Å². The van der Waals surface area contributed by atoms with E-state index in [1.165, 1.54) is 24.8 Å². The number of aryl methyl sites for hydroxylation is 1. The number of hydrogen-bond acceptors (Lipinski definition) is 3. The summed E-state index contributed by atoms with van der Waals surface area (Å²) in [5.41, 5.74) is 9.57. The smallest absolute Gasteiger partial charge is 0.355 e. The van der Waals surface area contributed by atoms with Crippen LogP contribution in [0.4, 0.5) is 0 Å². The first-order valence-electron chi connectivity index (χ1n) is 12.4. The van der Waals surface area contributed by atoms with E-state index in [4.69, 9.17) is 4.74 Å². The van der Waals surface area contributed by atoms with E-state index < -0.39 is 8.07 Å². The molecule has 4 rings (SSSR count). The standard InChI is InChI=1S/C29H36N2O2Si/c1-6-33-29(32)28-26(19-30-24-10-8-11-24)25-12-7-9-23(17-18-34(3,4)5)27(25)31(28)20-22-15-13-21(2)14-16-22/h7,9,12-16,24,30H,6,8,10-11,19-20H2,1-5H3. The van der Waals surface area contributed by atoms with Crippen LogP contribution in [0.5, 0.6) is 0 Å². The molecule has 0 saturated heterocycles. The summed E-state index contributed by atoms with van der Waals surface area (Å²) in [6.45, 7) is 12.3. The Morgan fingerprint density at radius 2 is 1.88 bits per heavy atom. The molecule has 1 fully saturated rings. The zero-order chi connectivity index (χ0) is 24.3. The van der Waals surface area contributed by atoms with Gasteiger partial charge in [0.1, 0.15) is 13.8 Å². The number of nitrogens with zero attached hydrogens (tertiary/aromatic N) is 1. The van der Waals surface area contributed by atoms with Gasteiger partial charge in [0.05, 0.1) is 12.1 Å². The molecule has 0 amide bonds. The summed E-state index contributed by atoms with van der Waals surface area (Å²) >= 11 is 0. The Kier molecular flexibility index (Phi) is 7.30. The summed E-state index contributed by atoms with van der Waals surface area (Å²) in [7, 11) is -1.57. The van der Waals surface area contributed by atoms with Crippen LogP contribution >= 0.6 is 0 Å². The largest absolute Gasteiger partial charge is 0.461 e. The number of carbonyl (C=O) groups is 1. The Labute approximate surface area is 204 Å². The second kappa shape index (κ2) is 10.2. The minimum absolute atomic E-state index is 0.264. The number of esters is 1. The summed E-state index contributed by atoms with van der Waals surface area (Å²) in [5.74, 6) is 3.22. The van der Waals surface area contributed by atoms with Crippen LogP contribution in [0.1, 0.15) is 58.9 Å². The first-order valence-corrected chi connectivity index (χ1v) is 15.9. The van der Waals surface area contributed by atoms with Gasteiger partial charge < -0.3 is 14.6 Å². The van der Waals surface area contributed by atoms with Crippen molar-refractivity contribution in [1.29, 1.82) is 0 Å². The molecule has 178 valence electrons. The topological polar surface area (TPSA) is 43.3 Å². The first kappa shape index (κ1) is 24.3. The van der Waals surface area contributed by atoms with Crippen LogP contribution in [0.25, 0.3) is 10.9 Å². The number of rotatable bonds is 7. The number of carbonyl (C=O) groups excluding carboxylic acids is 1. The average molecular weight is 473 g/mol. The van der Waals surface area contributed by atoms with E-state index in [0.29, 0.717) is 31.4 Å². The van der Waals surface area contributed by atoms with Gasteiger partial charge in [-0.1, -0.05) is 73.9 Å². The minimum Gasteiger partial charge on any atom is -0.461 e. The maximum absolute atomic E-state index is 13.4. The number of hydrogen-bond donors (Lipinski definition) is 1. The lowest BCUT2D eigenvalue weighted by molar-refractivity contribution is 0.0513. The van der Waals surface area contributed by atoms with E-state index in [-0.39, 0.29) is 5.97 Å². The quantitative estimate of drug-likeness (QED) is 0.259. The SMILES string of the molecule is CCOC(=O)c1c(CNC2CCC2)c2cccc(C#C[Si](C)(C)C)c2n1Cc1ccc(C)cc1. The van der Waals surface area contributed by atoms with E-state index in [1.807, 2.05) is 6.92 Å². The van der Waals surface area contributed by atoms with Gasteiger partial charge >= 0.3 is 5.97 Å². The average Bonchev–Trinajstić information content (AvgIpc) is 3.06. The predicted molar refractivity (Wildman–Crippen MR) is 143 cm³/mol. The fraction of sp³-hybridized carbons (Fsp3) is 0.414. The molecule has 4 nitrogen and oxygen atoms in total. The summed E-state index contributed by atoms with van der Waals surface area (Å²) in [4.78, 5) is 13.4. The molecule has 0 atom stereocenters. The maximum Gasteiger partial charge on any atom is 0.355 e. The van der Waals surface area contributed by atoms with Crippen molar-refractivity contribution in [1.82, 2.24) is 9.88 Å². The lowest BCUT2D eigenvalue weighted by atomic mass is 9.93. The molecule has 5 heteroatoms. The highest BCUT2D eigenvalue weighted by Crippen LogP contribution is 2.31. The Balaban J connectivity index is 1.93. The van der Waals surface area contributed by atoms with Crippen molar-refractivity contribution in [3.63, 3.8) is 0 Å². The van der Waals surface area contributed by atoms with Crippen molar-refractivity contribution in [2.45, 2.75) is 71.9 Å². The second-order valence-electron chi connectivity index (χ2n) is 10.3. The Hall–Kier alpha value is -2.81. The Morgan fingerprint density at radius 3 is 2.50 bits per heavy atom. The molecule has 1 aliphatic carbocycles. The van der Waals surface area contributed by atoms with Crippen LogP contribution in [-0.4, -0.2) is 31.3 Å². The van der Waals surface area contributed by atoms with Gasteiger partial charge in [0.2, 0.25) is 0 Å². The molecule has 34 heavy (non-hydrogen) atoms. The number of para-hydroxylation sites is 1. The van der Waals surface area contributed by atoms with Crippen LogP contribution in [-0.2, 0) is 17.8 Å². The summed E-state index contributed by atoms with van der Waals surface area (Å²) in [6, 6.07) is 15.3. The first-order chi connectivity index (χ1) is 16.3. The van der Waals surface area contributed by atoms with Crippen LogP contribution < -0.4 is 5.32 Å². The highest BCUT2D eigenvalue weighted by atomic mass is 28.3. The van der Waals surface area contributed by atoms with Crippen molar-refractivity contribution < 1.29 is 9.53 Å². The maximum atomic E-state index is 13.4. The molecule has 1 aliphatic rings. The molecule has 0 aliphatic heterocycles. The predicted octanol–water partition coefficient (Wildman–Crippen LogP) is 6.05. The zero-order valence-corrected chi connectivity index (χ0v) is 22.1. The molecule has 0 spiro atoms. The number of aromatic nitrogens is 1. The molecule has 1 saturated carbocycles. The lowest BCUT2D eigenvalue weighted by Crippen LogP contribution is -2.35. The van der Waals surface area contributed by atoms with E-state index in [1.54, 1.807) is 0 Å². The normalized spacial score (nSPS) is 13.9. The monoisotopic (exact) mass is 472 g/mol. The number of fused-ring (bicyclic) bond motifs is 1. The number of benzene rings is 2. The van der Waals surface area contributed by atoms with Gasteiger partial charge in [-0.2, -0.15) is 0 Å². The van der Waals surface area contributed by atoms with Crippen LogP contribution in [0.2, 0.25) is 19.6 Å². The van der Waals surface area contributed by atoms with Gasteiger partial charge in [0.15, 0.2) is 0 Å². The Morgan fingerprint density at radius 1 is 1.15 bits per heavy atom. The zero-order valence-electron chi connectivity index (χ0n) is 21.1. The van der Waals surface area contributed by atoms with Crippen molar-refractivity contribution >= 4 is 24.9 Å². The van der Waals surface area contributed by atoms with Gasteiger partial charge in [-0.15, -0.1) is 5.54 Å². The fourth-order valence-electron chi connectivity index (χ4n) is 4.34. The van der Waals surface area contributed by atoms with Gasteiger partial charge in [-0.25, -0.2) is 4.79 Å². The molecule has 3 aromatic rings. The third-order valence-electron chi connectivity index (χ3n) is 6.36. The fourth-order valence-corrected chi connectivity index (χ4v) is 4.85. The van der Waals surface area contributed by atoms with Crippen LogP contribution in [0, 0.1) is 18.4 Å². The van der Waals surface area contributed by atoms with Crippen LogP contribution in [0.3, 0.4) is 0 Å². The molecule has 0 radical (unpaired) electrons. The molecule has 2 aromatic carbocycles. The van der Waals surface area contributed by atoms with Gasteiger partial charge in [0, 0.05) is 35.6 Å². The van der Waals surface area contributed by atoms with Crippen molar-refractivity contribution in [2.75, 3.05) is 6.61 Å². The van der Waals surface area contributed by atoms with E-state index in [2.05, 4.69) is 90.4 Å². The highest BCUT2D eigenvalue weighted by Gasteiger charge is 2.27. The van der Waals surface area contributed by atoms with Gasteiger partial charge in [-0.3, -0.25) is 0 Å². The second-order valence-corrected chi connectivity index (χ2v) is 15.1. The van der Waals surface area contributed by atoms with E-state index in [9.17, 15) is 4.79 Å². The van der Waals surface area contributed by atoms with Crippen LogP contribution in [0.15, 0.2) is 42.5 Å². The van der Waals surface area contributed by atoms with Crippen molar-refractivity contribution in [2.24, 2.45) is 0 Å². The molecule has 1 heterocycles. The summed E-state index contributed by atoms with van der Waals surface area (Å²) < 4.78 is 7.72. The Bertz CT molecular complexity index is 1240. The molecular weight excluding hydrogens is 436 g/mol. The highest BCUT2D eigenvalue weighted by molar-refractivity contribution is 6.83. The molecule has 1 N–H and O–H groups in total. The third-order valence-corrected chi connectivity index (χ3v) is 7.24. The minimum atomic E-state index is -1.57. The van der Waals surface area contributed by atoms with Gasteiger partial charge in [-0.05, 0) is 38.3 Å². The molecule has 1 aromatic heterocycles. The van der Waals surface area contributed by atoms with Crippen molar-refractivity contribution in [3.8, 4) is 11.5 Å². The molecule has 0 unspecified atom stereocenters. The summed E-state index contributed by atoms with van der Waals surface area (Å²) in [6.07, 6.45) is 3.67. The molecule has 0 bridgehead atoms. The van der Waals surface area contributed by atoms with Crippen molar-refractivity contribution in [3.05, 3.63) is 70.4 Å². The summed E-state index contributed by atoms with van der Waals surface area (Å²) in [5, 5.41) is 4.76. The molecular formula is C29H36N2O2Si. The lowest BCUT2D eigenvalue weighted by Gasteiger charge is -2.26. The number of ether oxygens (including phenoxy) is 1. The number of nitrogens with one attached hydrogen (secondary N) is 1. The van der Waals surface area contributed by atoms with Gasteiger partial charge in [0.25, 0.3) is 0 Å². The van der Waals surface area contributed by atoms with E-state index >= 15 is 0 Å². The third kappa shape index (κ3) is 5.46.